The molecule has 0 saturated carbocycles. The van der Waals surface area contributed by atoms with Crippen molar-refractivity contribution >= 4 is 68.1 Å². The number of nitrogens with zero attached hydrogens (tertiary/aromatic N) is 2. The normalized spacial score (nSPS) is 11.2. The van der Waals surface area contributed by atoms with Gasteiger partial charge in [-0.1, -0.05) is 65.1 Å². The van der Waals surface area contributed by atoms with E-state index in [1.807, 2.05) is 18.2 Å². The van der Waals surface area contributed by atoms with Gasteiger partial charge in [0, 0.05) is 31.1 Å². The SMILES string of the molecule is Clc1cc(Cl)c(CSc2ncnc3sc(-c4ccccc4)cc23)c(Cl)c1. The van der Waals surface area contributed by atoms with E-state index in [4.69, 9.17) is 34.8 Å². The number of thioether (sulfide) groups is 1. The number of fused-ring (bicyclic) bond motifs is 1. The van der Waals surface area contributed by atoms with Crippen LogP contribution in [-0.4, -0.2) is 9.97 Å². The van der Waals surface area contributed by atoms with Gasteiger partial charge < -0.3 is 0 Å². The highest BCUT2D eigenvalue weighted by Crippen LogP contribution is 2.39. The molecule has 0 aliphatic rings. The summed E-state index contributed by atoms with van der Waals surface area (Å²) in [6, 6.07) is 15.8. The van der Waals surface area contributed by atoms with E-state index in [1.165, 1.54) is 10.4 Å². The molecule has 0 N–H and O–H groups in total. The Morgan fingerprint density at radius 1 is 0.923 bits per heavy atom. The van der Waals surface area contributed by atoms with Crippen LogP contribution in [0.25, 0.3) is 20.7 Å². The van der Waals surface area contributed by atoms with E-state index >= 15 is 0 Å². The Kier molecular flexibility index (Phi) is 5.39. The van der Waals surface area contributed by atoms with Crippen LogP contribution in [0.3, 0.4) is 0 Å². The first-order valence-electron chi connectivity index (χ1n) is 7.68. The van der Waals surface area contributed by atoms with Crippen molar-refractivity contribution in [1.82, 2.24) is 9.97 Å². The second-order valence-electron chi connectivity index (χ2n) is 5.51. The average molecular weight is 438 g/mol. The molecule has 4 aromatic rings. The third-order valence-electron chi connectivity index (χ3n) is 3.81. The quantitative estimate of drug-likeness (QED) is 0.243. The van der Waals surface area contributed by atoms with Crippen molar-refractivity contribution in [2.75, 3.05) is 0 Å². The maximum absolute atomic E-state index is 6.29. The molecule has 0 aliphatic heterocycles. The molecular formula is C19H11Cl3N2S2. The summed E-state index contributed by atoms with van der Waals surface area (Å²) in [6.45, 7) is 0. The molecule has 0 atom stereocenters. The minimum Gasteiger partial charge on any atom is -0.229 e. The molecule has 0 amide bonds. The van der Waals surface area contributed by atoms with E-state index in [9.17, 15) is 0 Å². The number of hydrogen-bond donors (Lipinski definition) is 0. The summed E-state index contributed by atoms with van der Waals surface area (Å²) in [4.78, 5) is 11.0. The molecule has 0 aliphatic carbocycles. The Balaban J connectivity index is 1.66. The van der Waals surface area contributed by atoms with Gasteiger partial charge in [0.15, 0.2) is 0 Å². The van der Waals surface area contributed by atoms with Gasteiger partial charge in [-0.15, -0.1) is 23.1 Å². The highest BCUT2D eigenvalue weighted by atomic mass is 35.5. The smallest absolute Gasteiger partial charge is 0.128 e. The van der Waals surface area contributed by atoms with Crippen LogP contribution in [0.2, 0.25) is 15.1 Å². The van der Waals surface area contributed by atoms with Gasteiger partial charge in [0.25, 0.3) is 0 Å². The lowest BCUT2D eigenvalue weighted by molar-refractivity contribution is 1.11. The first-order valence-corrected chi connectivity index (χ1v) is 10.6. The zero-order valence-electron chi connectivity index (χ0n) is 13.2. The van der Waals surface area contributed by atoms with E-state index in [0.29, 0.717) is 20.8 Å². The van der Waals surface area contributed by atoms with Crippen molar-refractivity contribution in [3.8, 4) is 10.4 Å². The van der Waals surface area contributed by atoms with Crippen LogP contribution < -0.4 is 0 Å². The summed E-state index contributed by atoms with van der Waals surface area (Å²) in [7, 11) is 0. The fourth-order valence-corrected chi connectivity index (χ4v) is 5.75. The first kappa shape index (κ1) is 18.1. The molecule has 2 aromatic heterocycles. The monoisotopic (exact) mass is 436 g/mol. The molecule has 0 spiro atoms. The number of rotatable bonds is 4. The number of hydrogen-bond acceptors (Lipinski definition) is 4. The summed E-state index contributed by atoms with van der Waals surface area (Å²) in [5.74, 6) is 0.609. The molecule has 0 unspecified atom stereocenters. The molecule has 2 heterocycles. The van der Waals surface area contributed by atoms with Gasteiger partial charge in [0.2, 0.25) is 0 Å². The van der Waals surface area contributed by atoms with Crippen LogP contribution in [0.5, 0.6) is 0 Å². The summed E-state index contributed by atoms with van der Waals surface area (Å²) >= 11 is 21.8. The minimum absolute atomic E-state index is 0.531. The predicted octanol–water partition coefficient (Wildman–Crippen LogP) is 7.61. The third-order valence-corrected chi connectivity index (χ3v) is 6.83. The van der Waals surface area contributed by atoms with Crippen molar-refractivity contribution in [2.24, 2.45) is 0 Å². The van der Waals surface area contributed by atoms with Gasteiger partial charge in [0.1, 0.15) is 16.2 Å². The van der Waals surface area contributed by atoms with Crippen LogP contribution in [0, 0.1) is 0 Å². The lowest BCUT2D eigenvalue weighted by atomic mass is 10.2. The number of aromatic nitrogens is 2. The third kappa shape index (κ3) is 3.71. The maximum Gasteiger partial charge on any atom is 0.128 e. The zero-order chi connectivity index (χ0) is 18.1. The molecule has 0 saturated heterocycles. The Morgan fingerprint density at radius 2 is 1.65 bits per heavy atom. The van der Waals surface area contributed by atoms with E-state index in [2.05, 4.69) is 28.2 Å². The van der Waals surface area contributed by atoms with Crippen molar-refractivity contribution in [3.63, 3.8) is 0 Å². The second kappa shape index (κ2) is 7.75. The average Bonchev–Trinajstić information content (AvgIpc) is 3.06. The Hall–Kier alpha value is -1.30. The zero-order valence-corrected chi connectivity index (χ0v) is 17.1. The molecule has 0 fully saturated rings. The maximum atomic E-state index is 6.29. The molecule has 4 rings (SSSR count). The predicted molar refractivity (Wildman–Crippen MR) is 114 cm³/mol. The lowest BCUT2D eigenvalue weighted by Gasteiger charge is -2.07. The summed E-state index contributed by atoms with van der Waals surface area (Å²) in [6.07, 6.45) is 1.60. The summed E-state index contributed by atoms with van der Waals surface area (Å²) < 4.78 is 0. The van der Waals surface area contributed by atoms with Gasteiger partial charge in [-0.05, 0) is 29.3 Å². The first-order chi connectivity index (χ1) is 12.6. The van der Waals surface area contributed by atoms with Crippen molar-refractivity contribution in [2.45, 2.75) is 10.8 Å². The molecule has 130 valence electrons. The van der Waals surface area contributed by atoms with Gasteiger partial charge in [-0.25, -0.2) is 9.97 Å². The van der Waals surface area contributed by atoms with Gasteiger partial charge in [-0.3, -0.25) is 0 Å². The summed E-state index contributed by atoms with van der Waals surface area (Å²) in [5.41, 5.74) is 2.03. The van der Waals surface area contributed by atoms with Gasteiger partial charge >= 0.3 is 0 Å². The van der Waals surface area contributed by atoms with Crippen molar-refractivity contribution < 1.29 is 0 Å². The number of halogens is 3. The molecule has 2 aromatic carbocycles. The minimum atomic E-state index is 0.531. The van der Waals surface area contributed by atoms with Crippen LogP contribution >= 0.6 is 57.9 Å². The van der Waals surface area contributed by atoms with E-state index < -0.39 is 0 Å². The number of benzene rings is 2. The topological polar surface area (TPSA) is 25.8 Å². The van der Waals surface area contributed by atoms with Crippen LogP contribution in [-0.2, 0) is 5.75 Å². The van der Waals surface area contributed by atoms with Crippen LogP contribution in [0.15, 0.2) is 59.9 Å². The summed E-state index contributed by atoms with van der Waals surface area (Å²) in [5, 5.41) is 3.62. The van der Waals surface area contributed by atoms with Gasteiger partial charge in [-0.2, -0.15) is 0 Å². The standard InChI is InChI=1S/C19H11Cl3N2S2/c20-12-6-15(21)14(16(22)7-12)9-25-18-13-8-17(11-4-2-1-3-5-11)26-19(13)24-10-23-18/h1-8,10H,9H2. The highest BCUT2D eigenvalue weighted by Gasteiger charge is 2.13. The molecule has 2 nitrogen and oxygen atoms in total. The van der Waals surface area contributed by atoms with E-state index in [0.717, 1.165) is 20.8 Å². The Morgan fingerprint density at radius 3 is 2.38 bits per heavy atom. The fraction of sp³-hybridized carbons (Fsp3) is 0.0526. The van der Waals surface area contributed by atoms with Crippen molar-refractivity contribution in [3.05, 3.63) is 75.5 Å². The highest BCUT2D eigenvalue weighted by molar-refractivity contribution is 7.98. The molecular weight excluding hydrogens is 427 g/mol. The Labute approximate surface area is 174 Å². The number of thiophene rings is 1. The molecule has 0 bridgehead atoms. The van der Waals surface area contributed by atoms with Crippen LogP contribution in [0.4, 0.5) is 0 Å². The van der Waals surface area contributed by atoms with E-state index in [1.54, 1.807) is 41.6 Å². The van der Waals surface area contributed by atoms with Crippen molar-refractivity contribution in [1.29, 1.82) is 0 Å². The lowest BCUT2D eigenvalue weighted by Crippen LogP contribution is -1.88. The Bertz CT molecular complexity index is 1060. The van der Waals surface area contributed by atoms with Gasteiger partial charge in [0.05, 0.1) is 0 Å². The van der Waals surface area contributed by atoms with E-state index in [-0.39, 0.29) is 0 Å². The largest absolute Gasteiger partial charge is 0.229 e. The van der Waals surface area contributed by atoms with Crippen LogP contribution in [0.1, 0.15) is 5.56 Å². The molecule has 0 radical (unpaired) electrons. The molecule has 7 heteroatoms. The molecule has 26 heavy (non-hydrogen) atoms. The fourth-order valence-electron chi connectivity index (χ4n) is 2.54. The second-order valence-corrected chi connectivity index (χ2v) is 8.76.